The topological polar surface area (TPSA) is 81.9 Å². The maximum atomic E-state index is 12.5. The number of halogens is 1. The number of hydrogen-bond donors (Lipinski definition) is 1. The smallest absolute Gasteiger partial charge is 0.253 e. The van der Waals surface area contributed by atoms with Crippen molar-refractivity contribution < 1.29 is 9.53 Å². The third kappa shape index (κ3) is 4.67. The molecule has 0 spiro atoms. The number of pyridine rings is 2. The van der Waals surface area contributed by atoms with Gasteiger partial charge in [-0.2, -0.15) is 5.10 Å². The Morgan fingerprint density at radius 2 is 2.00 bits per heavy atom. The molecule has 0 atom stereocenters. The van der Waals surface area contributed by atoms with Gasteiger partial charge in [0.1, 0.15) is 5.75 Å². The largest absolute Gasteiger partial charge is 0.439 e. The third-order valence-electron chi connectivity index (χ3n) is 4.05. The van der Waals surface area contributed by atoms with E-state index in [0.717, 1.165) is 10.0 Å². The standard InChI is InChI=1S/C21H16BrN5O2/c22-17-5-1-6-18(12-17)29-19-8-7-16(14-24-19)21(28)25-13-15-4-2-9-23-20(15)27-11-3-10-26-27/h1-12,14H,13H2,(H,25,28). The summed E-state index contributed by atoms with van der Waals surface area (Å²) in [5, 5.41) is 7.08. The second kappa shape index (κ2) is 8.66. The molecule has 1 N–H and O–H groups in total. The van der Waals surface area contributed by atoms with Crippen LogP contribution in [0.3, 0.4) is 0 Å². The fourth-order valence-corrected chi connectivity index (χ4v) is 3.05. The highest BCUT2D eigenvalue weighted by Crippen LogP contribution is 2.23. The first-order chi connectivity index (χ1) is 14.2. The van der Waals surface area contributed by atoms with Crippen LogP contribution < -0.4 is 10.1 Å². The van der Waals surface area contributed by atoms with Gasteiger partial charge in [-0.15, -0.1) is 0 Å². The van der Waals surface area contributed by atoms with Gasteiger partial charge >= 0.3 is 0 Å². The fourth-order valence-electron chi connectivity index (χ4n) is 2.67. The molecule has 3 aromatic heterocycles. The van der Waals surface area contributed by atoms with Crippen molar-refractivity contribution in [3.05, 3.63) is 95.0 Å². The van der Waals surface area contributed by atoms with E-state index < -0.39 is 0 Å². The van der Waals surface area contributed by atoms with Gasteiger partial charge in [0.15, 0.2) is 5.82 Å². The Morgan fingerprint density at radius 1 is 1.07 bits per heavy atom. The van der Waals surface area contributed by atoms with Crippen LogP contribution in [0.5, 0.6) is 11.6 Å². The van der Waals surface area contributed by atoms with Gasteiger partial charge in [0.05, 0.1) is 5.56 Å². The summed E-state index contributed by atoms with van der Waals surface area (Å²) in [6, 6.07) is 16.3. The molecule has 1 aromatic carbocycles. The van der Waals surface area contributed by atoms with Crippen molar-refractivity contribution >= 4 is 21.8 Å². The lowest BCUT2D eigenvalue weighted by Crippen LogP contribution is -2.24. The van der Waals surface area contributed by atoms with Crippen molar-refractivity contribution in [3.63, 3.8) is 0 Å². The van der Waals surface area contributed by atoms with Crippen molar-refractivity contribution in [3.8, 4) is 17.4 Å². The minimum atomic E-state index is -0.234. The summed E-state index contributed by atoms with van der Waals surface area (Å²) in [4.78, 5) is 21.0. The molecule has 8 heteroatoms. The van der Waals surface area contributed by atoms with Crippen molar-refractivity contribution in [2.45, 2.75) is 6.54 Å². The Morgan fingerprint density at radius 3 is 2.76 bits per heavy atom. The number of ether oxygens (including phenoxy) is 1. The number of carbonyl (C=O) groups excluding carboxylic acids is 1. The molecule has 0 saturated heterocycles. The monoisotopic (exact) mass is 449 g/mol. The summed E-state index contributed by atoms with van der Waals surface area (Å²) < 4.78 is 8.27. The highest BCUT2D eigenvalue weighted by molar-refractivity contribution is 9.10. The average Bonchev–Trinajstić information content (AvgIpc) is 3.27. The summed E-state index contributed by atoms with van der Waals surface area (Å²) in [7, 11) is 0. The highest BCUT2D eigenvalue weighted by atomic mass is 79.9. The molecule has 29 heavy (non-hydrogen) atoms. The van der Waals surface area contributed by atoms with Gasteiger partial charge in [-0.25, -0.2) is 14.6 Å². The van der Waals surface area contributed by atoms with Gasteiger partial charge < -0.3 is 10.1 Å². The minimum absolute atomic E-state index is 0.234. The molecule has 7 nitrogen and oxygen atoms in total. The van der Waals surface area contributed by atoms with Crippen LogP contribution in [0.4, 0.5) is 0 Å². The number of rotatable bonds is 6. The zero-order chi connectivity index (χ0) is 20.1. The summed E-state index contributed by atoms with van der Waals surface area (Å²) in [5.74, 6) is 1.51. The third-order valence-corrected chi connectivity index (χ3v) is 4.54. The number of carbonyl (C=O) groups is 1. The first kappa shape index (κ1) is 18.8. The van der Waals surface area contributed by atoms with Gasteiger partial charge in [0.25, 0.3) is 5.91 Å². The van der Waals surface area contributed by atoms with Gasteiger partial charge in [0.2, 0.25) is 5.88 Å². The van der Waals surface area contributed by atoms with Crippen LogP contribution in [0, 0.1) is 0 Å². The Balaban J connectivity index is 1.41. The van der Waals surface area contributed by atoms with Crippen LogP contribution in [-0.2, 0) is 6.54 Å². The van der Waals surface area contributed by atoms with E-state index in [-0.39, 0.29) is 5.91 Å². The van der Waals surface area contributed by atoms with E-state index in [9.17, 15) is 4.79 Å². The number of hydrogen-bond acceptors (Lipinski definition) is 5. The Labute approximate surface area is 175 Å². The zero-order valence-corrected chi connectivity index (χ0v) is 16.8. The Hall–Kier alpha value is -3.52. The molecular weight excluding hydrogens is 434 g/mol. The molecule has 144 valence electrons. The molecule has 3 heterocycles. The summed E-state index contributed by atoms with van der Waals surface area (Å²) in [6.07, 6.45) is 6.67. The van der Waals surface area contributed by atoms with Crippen LogP contribution in [0.15, 0.2) is 83.9 Å². The molecule has 0 saturated carbocycles. The van der Waals surface area contributed by atoms with Crippen LogP contribution in [0.1, 0.15) is 15.9 Å². The highest BCUT2D eigenvalue weighted by Gasteiger charge is 2.10. The number of amides is 1. The average molecular weight is 450 g/mol. The number of aromatic nitrogens is 4. The molecule has 0 fully saturated rings. The maximum absolute atomic E-state index is 12.5. The molecule has 0 radical (unpaired) electrons. The summed E-state index contributed by atoms with van der Waals surface area (Å²) >= 11 is 3.40. The van der Waals surface area contributed by atoms with Crippen LogP contribution in [-0.4, -0.2) is 25.7 Å². The first-order valence-corrected chi connectivity index (χ1v) is 9.60. The van der Waals surface area contributed by atoms with Crippen molar-refractivity contribution in [2.24, 2.45) is 0 Å². The van der Waals surface area contributed by atoms with Crippen LogP contribution >= 0.6 is 15.9 Å². The second-order valence-corrected chi connectivity index (χ2v) is 6.98. The van der Waals surface area contributed by atoms with Crippen molar-refractivity contribution in [1.29, 1.82) is 0 Å². The molecule has 0 unspecified atom stereocenters. The molecule has 0 aliphatic rings. The fraction of sp³-hybridized carbons (Fsp3) is 0.0476. The molecular formula is C21H16BrN5O2. The van der Waals surface area contributed by atoms with Gasteiger partial charge in [-0.05, 0) is 36.4 Å². The number of benzene rings is 1. The van der Waals surface area contributed by atoms with Gasteiger partial charge in [0, 0.05) is 47.4 Å². The van der Waals surface area contributed by atoms with E-state index >= 15 is 0 Å². The number of nitrogens with zero attached hydrogens (tertiary/aromatic N) is 4. The van der Waals surface area contributed by atoms with E-state index in [1.807, 2.05) is 48.7 Å². The van der Waals surface area contributed by atoms with Crippen molar-refractivity contribution in [1.82, 2.24) is 25.1 Å². The van der Waals surface area contributed by atoms with Crippen molar-refractivity contribution in [2.75, 3.05) is 0 Å². The van der Waals surface area contributed by atoms with E-state index in [2.05, 4.69) is 36.3 Å². The van der Waals surface area contributed by atoms with Gasteiger partial charge in [-0.3, -0.25) is 4.79 Å². The van der Waals surface area contributed by atoms with E-state index in [0.29, 0.717) is 29.6 Å². The quantitative estimate of drug-likeness (QED) is 0.478. The molecule has 0 aliphatic carbocycles. The Bertz CT molecular complexity index is 1110. The second-order valence-electron chi connectivity index (χ2n) is 6.06. The lowest BCUT2D eigenvalue weighted by Gasteiger charge is -2.10. The summed E-state index contributed by atoms with van der Waals surface area (Å²) in [5.41, 5.74) is 1.29. The normalized spacial score (nSPS) is 10.5. The lowest BCUT2D eigenvalue weighted by atomic mass is 10.2. The molecule has 4 rings (SSSR count). The van der Waals surface area contributed by atoms with Crippen LogP contribution in [0.25, 0.3) is 5.82 Å². The Kier molecular flexibility index (Phi) is 5.62. The number of nitrogens with one attached hydrogen (secondary N) is 1. The summed E-state index contributed by atoms with van der Waals surface area (Å²) in [6.45, 7) is 0.318. The van der Waals surface area contributed by atoms with E-state index in [1.165, 1.54) is 6.20 Å². The molecule has 0 bridgehead atoms. The predicted octanol–water partition coefficient (Wildman–Crippen LogP) is 4.15. The minimum Gasteiger partial charge on any atom is -0.439 e. The predicted molar refractivity (Wildman–Crippen MR) is 111 cm³/mol. The van der Waals surface area contributed by atoms with E-state index in [4.69, 9.17) is 4.74 Å². The molecule has 1 amide bonds. The SMILES string of the molecule is O=C(NCc1cccnc1-n1cccn1)c1ccc(Oc2cccc(Br)c2)nc1. The molecule has 4 aromatic rings. The van der Waals surface area contributed by atoms with E-state index in [1.54, 1.807) is 29.2 Å². The molecule has 0 aliphatic heterocycles. The lowest BCUT2D eigenvalue weighted by molar-refractivity contribution is 0.0950. The zero-order valence-electron chi connectivity index (χ0n) is 15.2. The first-order valence-electron chi connectivity index (χ1n) is 8.80. The van der Waals surface area contributed by atoms with Gasteiger partial charge in [-0.1, -0.05) is 28.1 Å². The maximum Gasteiger partial charge on any atom is 0.253 e. The van der Waals surface area contributed by atoms with Crippen LogP contribution in [0.2, 0.25) is 0 Å².